The quantitative estimate of drug-likeness (QED) is 0.690. The molecule has 0 radical (unpaired) electrons. The zero-order valence-electron chi connectivity index (χ0n) is 15.4. The van der Waals surface area contributed by atoms with Crippen LogP contribution in [0.5, 0.6) is 0 Å². The number of aromatic amines is 1. The molecule has 1 atom stereocenters. The van der Waals surface area contributed by atoms with Crippen molar-refractivity contribution in [3.05, 3.63) is 71.8 Å². The fraction of sp³-hybridized carbons (Fsp3) is 0.286. The van der Waals surface area contributed by atoms with Crippen LogP contribution in [0.4, 0.5) is 4.39 Å². The average molecular weight is 379 g/mol. The number of hydrogen-bond donors (Lipinski definition) is 2. The molecule has 0 aliphatic carbocycles. The second-order valence-electron chi connectivity index (χ2n) is 6.90. The Balaban J connectivity index is 1.45. The molecule has 1 aliphatic heterocycles. The summed E-state index contributed by atoms with van der Waals surface area (Å²) in [5.74, 6) is -0.478. The minimum absolute atomic E-state index is 0.0187. The van der Waals surface area contributed by atoms with Crippen molar-refractivity contribution in [2.45, 2.75) is 18.9 Å². The van der Waals surface area contributed by atoms with Gasteiger partial charge < -0.3 is 5.32 Å². The zero-order valence-corrected chi connectivity index (χ0v) is 15.4. The molecule has 2 N–H and O–H groups in total. The summed E-state index contributed by atoms with van der Waals surface area (Å²) in [4.78, 5) is 19.2. The maximum Gasteiger partial charge on any atom is 0.269 e. The minimum atomic E-state index is -0.257. The molecule has 1 aliphatic rings. The molecule has 6 nitrogen and oxygen atoms in total. The predicted molar refractivity (Wildman–Crippen MR) is 104 cm³/mol. The van der Waals surface area contributed by atoms with Crippen LogP contribution >= 0.6 is 0 Å². The third kappa shape index (κ3) is 4.09. The highest BCUT2D eigenvalue weighted by Crippen LogP contribution is 2.25. The zero-order chi connectivity index (χ0) is 19.3. The van der Waals surface area contributed by atoms with E-state index in [9.17, 15) is 9.18 Å². The third-order valence-corrected chi connectivity index (χ3v) is 5.04. The van der Waals surface area contributed by atoms with Gasteiger partial charge in [-0.05, 0) is 61.8 Å². The molecule has 0 bridgehead atoms. The number of carbonyl (C=O) groups excluding carboxylic acids is 1. The molecular formula is C21H22FN5O. The van der Waals surface area contributed by atoms with Gasteiger partial charge in [0.15, 0.2) is 0 Å². The first-order chi connectivity index (χ1) is 13.7. The molecule has 28 heavy (non-hydrogen) atoms. The molecule has 3 aromatic rings. The van der Waals surface area contributed by atoms with Crippen molar-refractivity contribution in [2.75, 3.05) is 19.6 Å². The highest BCUT2D eigenvalue weighted by Gasteiger charge is 2.24. The second-order valence-corrected chi connectivity index (χ2v) is 6.90. The van der Waals surface area contributed by atoms with Crippen molar-refractivity contribution < 1.29 is 9.18 Å². The first-order valence-corrected chi connectivity index (χ1v) is 9.45. The number of halogens is 1. The van der Waals surface area contributed by atoms with E-state index < -0.39 is 0 Å². The summed E-state index contributed by atoms with van der Waals surface area (Å²) in [6.45, 7) is 2.40. The van der Waals surface area contributed by atoms with Crippen LogP contribution in [-0.2, 0) is 0 Å². The number of rotatable bonds is 6. The van der Waals surface area contributed by atoms with E-state index in [1.807, 2.05) is 18.2 Å². The summed E-state index contributed by atoms with van der Waals surface area (Å²) in [5, 5.41) is 9.95. The molecule has 144 valence electrons. The van der Waals surface area contributed by atoms with E-state index in [2.05, 4.69) is 25.4 Å². The number of pyridine rings is 1. The molecule has 7 heteroatoms. The predicted octanol–water partition coefficient (Wildman–Crippen LogP) is 3.18. The van der Waals surface area contributed by atoms with Gasteiger partial charge >= 0.3 is 0 Å². The fourth-order valence-corrected chi connectivity index (χ4v) is 3.56. The molecule has 0 spiro atoms. The molecule has 0 saturated carbocycles. The van der Waals surface area contributed by atoms with Crippen molar-refractivity contribution in [3.8, 4) is 11.4 Å². The average Bonchev–Trinajstić information content (AvgIpc) is 3.42. The van der Waals surface area contributed by atoms with E-state index in [-0.39, 0.29) is 17.8 Å². The molecular weight excluding hydrogens is 357 g/mol. The summed E-state index contributed by atoms with van der Waals surface area (Å²) in [6, 6.07) is 13.8. The highest BCUT2D eigenvalue weighted by molar-refractivity contribution is 5.93. The van der Waals surface area contributed by atoms with Crippen molar-refractivity contribution in [1.82, 2.24) is 25.4 Å². The summed E-state index contributed by atoms with van der Waals surface area (Å²) in [7, 11) is 0. The Bertz CT molecular complexity index is 919. The molecule has 1 aromatic carbocycles. The standard InChI is InChI=1S/C21H22FN5O/c22-16-8-6-15(7-9-16)20(27-11-3-4-12-27)14-24-21(28)19-13-18(25-26-19)17-5-1-2-10-23-17/h1-2,5-10,13,20H,3-4,11-12,14H2,(H,24,28)(H,25,26). The largest absolute Gasteiger partial charge is 0.349 e. The van der Waals surface area contributed by atoms with Gasteiger partial charge in [0.2, 0.25) is 0 Å². The third-order valence-electron chi connectivity index (χ3n) is 5.04. The van der Waals surface area contributed by atoms with Crippen LogP contribution in [0.15, 0.2) is 54.7 Å². The van der Waals surface area contributed by atoms with Crippen LogP contribution in [0, 0.1) is 5.82 Å². The van der Waals surface area contributed by atoms with E-state index in [1.54, 1.807) is 24.4 Å². The first-order valence-electron chi connectivity index (χ1n) is 9.45. The lowest BCUT2D eigenvalue weighted by atomic mass is 10.1. The smallest absolute Gasteiger partial charge is 0.269 e. The molecule has 1 saturated heterocycles. The maximum absolute atomic E-state index is 13.3. The Labute approximate surface area is 162 Å². The van der Waals surface area contributed by atoms with E-state index in [0.717, 1.165) is 31.5 Å². The lowest BCUT2D eigenvalue weighted by molar-refractivity contribution is 0.0933. The fourth-order valence-electron chi connectivity index (χ4n) is 3.56. The van der Waals surface area contributed by atoms with Crippen molar-refractivity contribution in [1.29, 1.82) is 0 Å². The van der Waals surface area contributed by atoms with E-state index in [1.165, 1.54) is 12.1 Å². The van der Waals surface area contributed by atoms with Gasteiger partial charge in [-0.2, -0.15) is 5.10 Å². The number of hydrogen-bond acceptors (Lipinski definition) is 4. The number of amides is 1. The topological polar surface area (TPSA) is 73.9 Å². The molecule has 1 amide bonds. The van der Waals surface area contributed by atoms with Crippen molar-refractivity contribution in [2.24, 2.45) is 0 Å². The number of likely N-dealkylation sites (tertiary alicyclic amines) is 1. The highest BCUT2D eigenvalue weighted by atomic mass is 19.1. The summed E-state index contributed by atoms with van der Waals surface area (Å²) < 4.78 is 13.3. The van der Waals surface area contributed by atoms with Gasteiger partial charge in [0.05, 0.1) is 11.7 Å². The number of nitrogens with zero attached hydrogens (tertiary/aromatic N) is 3. The number of aromatic nitrogens is 3. The number of H-pyrrole nitrogens is 1. The number of benzene rings is 1. The van der Waals surface area contributed by atoms with Crippen molar-refractivity contribution >= 4 is 5.91 Å². The Morgan fingerprint density at radius 3 is 2.64 bits per heavy atom. The monoisotopic (exact) mass is 379 g/mol. The van der Waals surface area contributed by atoms with Gasteiger partial charge in [0, 0.05) is 12.7 Å². The second kappa shape index (κ2) is 8.31. The van der Waals surface area contributed by atoms with Gasteiger partial charge in [-0.3, -0.25) is 19.8 Å². The molecule has 1 fully saturated rings. The molecule has 4 rings (SSSR count). The van der Waals surface area contributed by atoms with Gasteiger partial charge in [-0.1, -0.05) is 18.2 Å². The van der Waals surface area contributed by atoms with E-state index >= 15 is 0 Å². The molecule has 3 heterocycles. The Kier molecular flexibility index (Phi) is 5.43. The van der Waals surface area contributed by atoms with Gasteiger partial charge in [-0.15, -0.1) is 0 Å². The van der Waals surface area contributed by atoms with Crippen LogP contribution in [0.3, 0.4) is 0 Å². The Morgan fingerprint density at radius 2 is 1.93 bits per heavy atom. The maximum atomic E-state index is 13.3. The van der Waals surface area contributed by atoms with Crippen LogP contribution in [-0.4, -0.2) is 45.6 Å². The normalized spacial score (nSPS) is 15.5. The van der Waals surface area contributed by atoms with Crippen LogP contribution < -0.4 is 5.32 Å². The summed E-state index contributed by atoms with van der Waals surface area (Å²) in [6.07, 6.45) is 3.96. The lowest BCUT2D eigenvalue weighted by Crippen LogP contribution is -2.37. The minimum Gasteiger partial charge on any atom is -0.349 e. The lowest BCUT2D eigenvalue weighted by Gasteiger charge is -2.28. The number of nitrogens with one attached hydrogen (secondary N) is 2. The molecule has 1 unspecified atom stereocenters. The number of carbonyl (C=O) groups is 1. The van der Waals surface area contributed by atoms with Crippen LogP contribution in [0.1, 0.15) is 34.9 Å². The van der Waals surface area contributed by atoms with E-state index in [4.69, 9.17) is 0 Å². The van der Waals surface area contributed by atoms with Crippen molar-refractivity contribution in [3.63, 3.8) is 0 Å². The summed E-state index contributed by atoms with van der Waals surface area (Å²) >= 11 is 0. The van der Waals surface area contributed by atoms with Crippen LogP contribution in [0.2, 0.25) is 0 Å². The van der Waals surface area contributed by atoms with Gasteiger partial charge in [-0.25, -0.2) is 4.39 Å². The van der Waals surface area contributed by atoms with Gasteiger partial charge in [0.25, 0.3) is 5.91 Å². The van der Waals surface area contributed by atoms with E-state index in [0.29, 0.717) is 23.6 Å². The van der Waals surface area contributed by atoms with Crippen LogP contribution in [0.25, 0.3) is 11.4 Å². The SMILES string of the molecule is O=C(NCC(c1ccc(F)cc1)N1CCCC1)c1cc(-c2ccccn2)n[nH]1. The Morgan fingerprint density at radius 1 is 1.14 bits per heavy atom. The molecule has 2 aromatic heterocycles. The summed E-state index contributed by atoms with van der Waals surface area (Å²) in [5.41, 5.74) is 2.72. The van der Waals surface area contributed by atoms with Gasteiger partial charge in [0.1, 0.15) is 17.2 Å². The first kappa shape index (κ1) is 18.3. The Hall–Kier alpha value is -3.06.